The van der Waals surface area contributed by atoms with Gasteiger partial charge in [0.25, 0.3) is 0 Å². The number of hydrogen-bond donors (Lipinski definition) is 1. The third kappa shape index (κ3) is 3.04. The molecule has 9 heteroatoms. The summed E-state index contributed by atoms with van der Waals surface area (Å²) in [5.74, 6) is -1.90. The number of fused-ring (bicyclic) bond motifs is 1. The number of amides is 3. The lowest BCUT2D eigenvalue weighted by Crippen LogP contribution is -2.38. The molecule has 1 aromatic heterocycles. The predicted octanol–water partition coefficient (Wildman–Crippen LogP) is 2.42. The molecule has 1 aliphatic carbocycles. The van der Waals surface area contributed by atoms with Gasteiger partial charge in [-0.15, -0.1) is 0 Å². The molecule has 3 heterocycles. The Bertz CT molecular complexity index is 1170. The molecule has 5 rings (SSSR count). The monoisotopic (exact) mass is 422 g/mol. The van der Waals surface area contributed by atoms with Crippen LogP contribution in [0, 0.1) is 24.1 Å². The molecule has 0 saturated carbocycles. The van der Waals surface area contributed by atoms with E-state index in [9.17, 15) is 18.8 Å². The highest BCUT2D eigenvalue weighted by Crippen LogP contribution is 2.44. The Balaban J connectivity index is 1.37. The van der Waals surface area contributed by atoms with Gasteiger partial charge in [-0.1, -0.05) is 24.3 Å². The molecule has 0 spiro atoms. The average Bonchev–Trinajstić information content (AvgIpc) is 3.39. The fourth-order valence-corrected chi connectivity index (χ4v) is 4.45. The summed E-state index contributed by atoms with van der Waals surface area (Å²) in [5.41, 5.74) is 0.343. The maximum atomic E-state index is 14.7. The predicted molar refractivity (Wildman–Crippen MR) is 108 cm³/mol. The molecule has 0 bridgehead atoms. The van der Waals surface area contributed by atoms with E-state index in [1.165, 1.54) is 17.3 Å². The first-order valence-electron chi connectivity index (χ1n) is 9.87. The number of halogens is 1. The molecule has 2 unspecified atom stereocenters. The Morgan fingerprint density at radius 1 is 1.29 bits per heavy atom. The highest BCUT2D eigenvalue weighted by molar-refractivity contribution is 6.09. The second-order valence-electron chi connectivity index (χ2n) is 7.96. The van der Waals surface area contributed by atoms with E-state index in [4.69, 9.17) is 4.74 Å². The largest absolute Gasteiger partial charge is 0.444 e. The van der Waals surface area contributed by atoms with E-state index in [1.807, 2.05) is 6.92 Å². The van der Waals surface area contributed by atoms with Crippen molar-refractivity contribution in [3.8, 4) is 5.69 Å². The lowest BCUT2D eigenvalue weighted by Gasteiger charge is -2.30. The van der Waals surface area contributed by atoms with Crippen LogP contribution < -0.4 is 10.2 Å². The number of carbonyl (C=O) groups is 3. The Labute approximate surface area is 177 Å². The number of aryl methyl sites for hydroxylation is 1. The van der Waals surface area contributed by atoms with E-state index in [0.29, 0.717) is 11.4 Å². The van der Waals surface area contributed by atoms with Gasteiger partial charge in [-0.25, -0.2) is 14.2 Å². The Morgan fingerprint density at radius 2 is 2.13 bits per heavy atom. The molecule has 2 aromatic rings. The van der Waals surface area contributed by atoms with Gasteiger partial charge in [-0.2, -0.15) is 0 Å². The van der Waals surface area contributed by atoms with Crippen molar-refractivity contribution >= 4 is 23.6 Å². The van der Waals surface area contributed by atoms with Crippen LogP contribution in [0.25, 0.3) is 5.69 Å². The van der Waals surface area contributed by atoms with Gasteiger partial charge in [0.05, 0.1) is 41.3 Å². The molecule has 2 saturated heterocycles. The fourth-order valence-electron chi connectivity index (χ4n) is 4.45. The molecular formula is C22H19FN4O4. The quantitative estimate of drug-likeness (QED) is 0.764. The zero-order valence-corrected chi connectivity index (χ0v) is 16.6. The van der Waals surface area contributed by atoms with Crippen LogP contribution in [0.5, 0.6) is 0 Å². The highest BCUT2D eigenvalue weighted by atomic mass is 19.1. The number of ether oxygens (including phenoxy) is 1. The van der Waals surface area contributed by atoms with E-state index >= 15 is 0 Å². The molecule has 2 fully saturated rings. The second kappa shape index (κ2) is 6.90. The minimum absolute atomic E-state index is 0.148. The van der Waals surface area contributed by atoms with Crippen molar-refractivity contribution in [1.29, 1.82) is 0 Å². The molecule has 2 aliphatic heterocycles. The summed E-state index contributed by atoms with van der Waals surface area (Å²) < 4.78 is 21.8. The van der Waals surface area contributed by atoms with Gasteiger partial charge < -0.3 is 9.30 Å². The number of carbonyl (C=O) groups excluding carboxylic acids is 3. The van der Waals surface area contributed by atoms with Crippen LogP contribution in [0.1, 0.15) is 12.1 Å². The first-order valence-corrected chi connectivity index (χ1v) is 9.87. The summed E-state index contributed by atoms with van der Waals surface area (Å²) in [7, 11) is 0. The van der Waals surface area contributed by atoms with Gasteiger partial charge in [0.1, 0.15) is 11.9 Å². The van der Waals surface area contributed by atoms with E-state index in [2.05, 4.69) is 10.3 Å². The van der Waals surface area contributed by atoms with Crippen LogP contribution in [-0.2, 0) is 14.3 Å². The number of nitrogens with one attached hydrogen (secondary N) is 1. The van der Waals surface area contributed by atoms with Crippen molar-refractivity contribution in [2.45, 2.75) is 19.4 Å². The Hall–Kier alpha value is -3.75. The van der Waals surface area contributed by atoms with Crippen molar-refractivity contribution in [2.75, 3.05) is 11.4 Å². The molecule has 1 aromatic carbocycles. The van der Waals surface area contributed by atoms with Crippen LogP contribution >= 0.6 is 0 Å². The molecule has 1 N–H and O–H groups in total. The van der Waals surface area contributed by atoms with Crippen LogP contribution in [-0.4, -0.2) is 40.1 Å². The summed E-state index contributed by atoms with van der Waals surface area (Å²) in [6, 6.07) is 4.47. The van der Waals surface area contributed by atoms with Crippen LogP contribution in [0.3, 0.4) is 0 Å². The van der Waals surface area contributed by atoms with Gasteiger partial charge >= 0.3 is 6.09 Å². The molecule has 8 nitrogen and oxygen atoms in total. The molecule has 31 heavy (non-hydrogen) atoms. The van der Waals surface area contributed by atoms with Crippen molar-refractivity contribution < 1.29 is 23.5 Å². The van der Waals surface area contributed by atoms with Crippen LogP contribution in [0.15, 0.2) is 55.0 Å². The number of rotatable bonds is 4. The lowest BCUT2D eigenvalue weighted by atomic mass is 9.71. The third-order valence-corrected chi connectivity index (χ3v) is 5.98. The summed E-state index contributed by atoms with van der Waals surface area (Å²) in [6.07, 6.45) is 8.95. The number of cyclic esters (lactones) is 1. The SMILES string of the molecule is Cc1cn(-c2ccc(N3CC(CC45C=CC=C[C@@H]4C(=O)NC5=O)OC3=O)cc2F)cn1. The van der Waals surface area contributed by atoms with Gasteiger partial charge in [0.2, 0.25) is 11.8 Å². The Morgan fingerprint density at radius 3 is 2.87 bits per heavy atom. The van der Waals surface area contributed by atoms with Gasteiger partial charge in [-0.3, -0.25) is 19.8 Å². The summed E-state index contributed by atoms with van der Waals surface area (Å²) >= 11 is 0. The Kier molecular flexibility index (Phi) is 4.28. The number of aromatic nitrogens is 2. The average molecular weight is 422 g/mol. The highest BCUT2D eigenvalue weighted by Gasteiger charge is 2.55. The lowest BCUT2D eigenvalue weighted by molar-refractivity contribution is -0.128. The third-order valence-electron chi connectivity index (χ3n) is 5.98. The topological polar surface area (TPSA) is 93.5 Å². The zero-order valence-electron chi connectivity index (χ0n) is 16.6. The fraction of sp³-hybridized carbons (Fsp3) is 0.273. The molecule has 3 atom stereocenters. The summed E-state index contributed by atoms with van der Waals surface area (Å²) in [5, 5.41) is 2.37. The number of allylic oxidation sites excluding steroid dienone is 2. The van der Waals surface area contributed by atoms with Crippen LogP contribution in [0.2, 0.25) is 0 Å². The van der Waals surface area contributed by atoms with Crippen molar-refractivity contribution in [1.82, 2.24) is 14.9 Å². The number of anilines is 1. The molecule has 3 amide bonds. The number of nitrogens with zero attached hydrogens (tertiary/aromatic N) is 3. The summed E-state index contributed by atoms with van der Waals surface area (Å²) in [4.78, 5) is 42.6. The number of imide groups is 1. The molecule has 3 aliphatic rings. The number of benzene rings is 1. The molecular weight excluding hydrogens is 403 g/mol. The number of imidazole rings is 1. The van der Waals surface area contributed by atoms with E-state index < -0.39 is 35.3 Å². The standard InChI is InChI=1S/C22H19FN4O4/c1-13-10-26(12-24-13)18-6-5-14(8-17(18)23)27-11-15(31-21(27)30)9-22-7-3-2-4-16(22)19(28)25-20(22)29/h2-8,10,12,15-16H,9,11H2,1H3,(H,25,28,29)/t15?,16-,22?/m1/s1. The van der Waals surface area contributed by atoms with E-state index in [-0.39, 0.29) is 18.9 Å². The second-order valence-corrected chi connectivity index (χ2v) is 7.96. The summed E-state index contributed by atoms with van der Waals surface area (Å²) in [6.45, 7) is 1.96. The van der Waals surface area contributed by atoms with Gasteiger partial charge in [0, 0.05) is 12.6 Å². The molecule has 0 radical (unpaired) electrons. The first-order chi connectivity index (χ1) is 14.9. The van der Waals surface area contributed by atoms with Crippen LogP contribution in [0.4, 0.5) is 14.9 Å². The van der Waals surface area contributed by atoms with Crippen molar-refractivity contribution in [2.24, 2.45) is 11.3 Å². The smallest absolute Gasteiger partial charge is 0.414 e. The maximum Gasteiger partial charge on any atom is 0.414 e. The normalized spacial score (nSPS) is 26.9. The van der Waals surface area contributed by atoms with Crippen molar-refractivity contribution in [3.05, 3.63) is 66.5 Å². The van der Waals surface area contributed by atoms with Crippen molar-refractivity contribution in [3.63, 3.8) is 0 Å². The number of hydrogen-bond acceptors (Lipinski definition) is 5. The molecule has 158 valence electrons. The van der Waals surface area contributed by atoms with Gasteiger partial charge in [-0.05, 0) is 25.1 Å². The van der Waals surface area contributed by atoms with E-state index in [1.54, 1.807) is 47.2 Å². The maximum absolute atomic E-state index is 14.7. The minimum atomic E-state index is -1.08. The minimum Gasteiger partial charge on any atom is -0.444 e. The van der Waals surface area contributed by atoms with E-state index in [0.717, 1.165) is 5.69 Å². The zero-order chi connectivity index (χ0) is 21.8. The van der Waals surface area contributed by atoms with Gasteiger partial charge in [0.15, 0.2) is 0 Å². The first kappa shape index (κ1) is 19.2.